The molecule has 0 bridgehead atoms. The van der Waals surface area contributed by atoms with E-state index in [2.05, 4.69) is 29.9 Å². The predicted molar refractivity (Wildman–Crippen MR) is 64.9 cm³/mol. The van der Waals surface area contributed by atoms with E-state index in [1.807, 2.05) is 12.3 Å². The first-order valence-electron chi connectivity index (χ1n) is 5.64. The Morgan fingerprint density at radius 1 is 1.40 bits per heavy atom. The summed E-state index contributed by atoms with van der Waals surface area (Å²) in [4.78, 5) is 6.53. The van der Waals surface area contributed by atoms with Crippen LogP contribution in [-0.2, 0) is 6.54 Å². The molecule has 0 aromatic carbocycles. The number of pyridine rings is 1. The Balaban J connectivity index is 2.52. The van der Waals surface area contributed by atoms with E-state index in [0.29, 0.717) is 6.54 Å². The van der Waals surface area contributed by atoms with Crippen molar-refractivity contribution in [1.29, 1.82) is 0 Å². The number of hydrogen-bond donors (Lipinski definition) is 1. The number of anilines is 1. The van der Waals surface area contributed by atoms with Gasteiger partial charge in [0.1, 0.15) is 5.82 Å². The van der Waals surface area contributed by atoms with E-state index in [0.717, 1.165) is 17.9 Å². The molecule has 0 aliphatic carbocycles. The highest BCUT2D eigenvalue weighted by atomic mass is 15.2. The van der Waals surface area contributed by atoms with Gasteiger partial charge in [-0.05, 0) is 24.1 Å². The zero-order chi connectivity index (χ0) is 11.1. The molecule has 0 fully saturated rings. The molecule has 3 nitrogen and oxygen atoms in total. The molecule has 15 heavy (non-hydrogen) atoms. The average molecular weight is 207 g/mol. The highest BCUT2D eigenvalue weighted by Gasteiger charge is 2.02. The first-order chi connectivity index (χ1) is 7.27. The zero-order valence-electron chi connectivity index (χ0n) is 9.74. The minimum atomic E-state index is 0.582. The number of nitrogens with zero attached hydrogens (tertiary/aromatic N) is 2. The van der Waals surface area contributed by atoms with E-state index in [1.54, 1.807) is 0 Å². The Kier molecular flexibility index (Phi) is 5.12. The fourth-order valence-electron chi connectivity index (χ4n) is 1.51. The number of aromatic nitrogens is 1. The largest absolute Gasteiger partial charge is 0.360 e. The molecule has 0 unspecified atom stereocenters. The van der Waals surface area contributed by atoms with Crippen molar-refractivity contribution in [3.05, 3.63) is 23.9 Å². The molecule has 0 aliphatic rings. The average Bonchev–Trinajstić information content (AvgIpc) is 2.29. The van der Waals surface area contributed by atoms with E-state index in [4.69, 9.17) is 5.73 Å². The summed E-state index contributed by atoms with van der Waals surface area (Å²) in [6.07, 6.45) is 5.58. The second kappa shape index (κ2) is 6.40. The standard InChI is InChI=1S/C12H21N3/c1-3-4-5-8-15(2)12-9-11(10-13)6-7-14-12/h6-7,9H,3-5,8,10,13H2,1-2H3. The zero-order valence-corrected chi connectivity index (χ0v) is 9.74. The summed E-state index contributed by atoms with van der Waals surface area (Å²) in [5, 5.41) is 0. The number of unbranched alkanes of at least 4 members (excludes halogenated alkanes) is 2. The van der Waals surface area contributed by atoms with Crippen molar-refractivity contribution >= 4 is 5.82 Å². The van der Waals surface area contributed by atoms with Gasteiger partial charge in [-0.3, -0.25) is 0 Å². The monoisotopic (exact) mass is 207 g/mol. The van der Waals surface area contributed by atoms with E-state index in [-0.39, 0.29) is 0 Å². The van der Waals surface area contributed by atoms with Crippen LogP contribution in [-0.4, -0.2) is 18.6 Å². The van der Waals surface area contributed by atoms with Crippen molar-refractivity contribution in [1.82, 2.24) is 4.98 Å². The molecule has 0 aliphatic heterocycles. The lowest BCUT2D eigenvalue weighted by atomic mass is 10.2. The molecular weight excluding hydrogens is 186 g/mol. The van der Waals surface area contributed by atoms with Crippen LogP contribution >= 0.6 is 0 Å². The summed E-state index contributed by atoms with van der Waals surface area (Å²) in [6.45, 7) is 3.86. The molecule has 0 radical (unpaired) electrons. The molecular formula is C12H21N3. The summed E-state index contributed by atoms with van der Waals surface area (Å²) in [5.74, 6) is 1.02. The molecule has 2 N–H and O–H groups in total. The summed E-state index contributed by atoms with van der Waals surface area (Å²) in [6, 6.07) is 4.02. The third kappa shape index (κ3) is 3.88. The van der Waals surface area contributed by atoms with Crippen LogP contribution < -0.4 is 10.6 Å². The number of rotatable bonds is 6. The molecule has 1 aromatic heterocycles. The van der Waals surface area contributed by atoms with Crippen molar-refractivity contribution in [3.63, 3.8) is 0 Å². The first-order valence-corrected chi connectivity index (χ1v) is 5.64. The fourth-order valence-corrected chi connectivity index (χ4v) is 1.51. The smallest absolute Gasteiger partial charge is 0.128 e. The highest BCUT2D eigenvalue weighted by Crippen LogP contribution is 2.11. The maximum absolute atomic E-state index is 5.59. The first kappa shape index (κ1) is 12.0. The summed E-state index contributed by atoms with van der Waals surface area (Å²) in [5.41, 5.74) is 6.74. The summed E-state index contributed by atoms with van der Waals surface area (Å²) >= 11 is 0. The van der Waals surface area contributed by atoms with Crippen LogP contribution in [0.4, 0.5) is 5.82 Å². The number of nitrogens with two attached hydrogens (primary N) is 1. The molecule has 0 amide bonds. The molecule has 0 saturated heterocycles. The van der Waals surface area contributed by atoms with Crippen LogP contribution in [0, 0.1) is 0 Å². The topological polar surface area (TPSA) is 42.1 Å². The SMILES string of the molecule is CCCCCN(C)c1cc(CN)ccn1. The predicted octanol–water partition coefficient (Wildman–Crippen LogP) is 2.17. The Hall–Kier alpha value is -1.09. The molecule has 1 heterocycles. The lowest BCUT2D eigenvalue weighted by Crippen LogP contribution is -2.19. The van der Waals surface area contributed by atoms with Crippen molar-refractivity contribution in [2.24, 2.45) is 5.73 Å². The summed E-state index contributed by atoms with van der Waals surface area (Å²) in [7, 11) is 2.08. The van der Waals surface area contributed by atoms with Gasteiger partial charge >= 0.3 is 0 Å². The van der Waals surface area contributed by atoms with Crippen LogP contribution in [0.2, 0.25) is 0 Å². The van der Waals surface area contributed by atoms with Gasteiger partial charge in [-0.25, -0.2) is 4.98 Å². The third-order valence-electron chi connectivity index (χ3n) is 2.53. The van der Waals surface area contributed by atoms with Crippen molar-refractivity contribution < 1.29 is 0 Å². The Morgan fingerprint density at radius 3 is 2.87 bits per heavy atom. The van der Waals surface area contributed by atoms with Crippen LogP contribution in [0.15, 0.2) is 18.3 Å². The molecule has 0 spiro atoms. The minimum Gasteiger partial charge on any atom is -0.360 e. The van der Waals surface area contributed by atoms with Gasteiger partial charge < -0.3 is 10.6 Å². The fraction of sp³-hybridized carbons (Fsp3) is 0.583. The van der Waals surface area contributed by atoms with Crippen LogP contribution in [0.25, 0.3) is 0 Å². The van der Waals surface area contributed by atoms with Gasteiger partial charge in [-0.15, -0.1) is 0 Å². The van der Waals surface area contributed by atoms with E-state index >= 15 is 0 Å². The van der Waals surface area contributed by atoms with E-state index in [1.165, 1.54) is 19.3 Å². The van der Waals surface area contributed by atoms with Gasteiger partial charge in [0.05, 0.1) is 0 Å². The van der Waals surface area contributed by atoms with Crippen molar-refractivity contribution in [2.45, 2.75) is 32.7 Å². The van der Waals surface area contributed by atoms with Gasteiger partial charge in [-0.2, -0.15) is 0 Å². The van der Waals surface area contributed by atoms with Crippen LogP contribution in [0.1, 0.15) is 31.7 Å². The highest BCUT2D eigenvalue weighted by molar-refractivity contribution is 5.39. The van der Waals surface area contributed by atoms with Gasteiger partial charge in [-0.1, -0.05) is 19.8 Å². The van der Waals surface area contributed by atoms with Crippen LogP contribution in [0.5, 0.6) is 0 Å². The normalized spacial score (nSPS) is 10.3. The maximum atomic E-state index is 5.59. The number of hydrogen-bond acceptors (Lipinski definition) is 3. The maximum Gasteiger partial charge on any atom is 0.128 e. The van der Waals surface area contributed by atoms with Gasteiger partial charge in [0.25, 0.3) is 0 Å². The quantitative estimate of drug-likeness (QED) is 0.727. The molecule has 1 aromatic rings. The lowest BCUT2D eigenvalue weighted by Gasteiger charge is -2.18. The third-order valence-corrected chi connectivity index (χ3v) is 2.53. The molecule has 3 heteroatoms. The Bertz CT molecular complexity index is 286. The second-order valence-electron chi connectivity index (χ2n) is 3.86. The lowest BCUT2D eigenvalue weighted by molar-refractivity contribution is 0.701. The minimum absolute atomic E-state index is 0.582. The Labute approximate surface area is 92.3 Å². The van der Waals surface area contributed by atoms with Crippen molar-refractivity contribution in [3.8, 4) is 0 Å². The van der Waals surface area contributed by atoms with Gasteiger partial charge in [0.2, 0.25) is 0 Å². The van der Waals surface area contributed by atoms with Gasteiger partial charge in [0.15, 0.2) is 0 Å². The van der Waals surface area contributed by atoms with Gasteiger partial charge in [0, 0.05) is 26.3 Å². The van der Waals surface area contributed by atoms with E-state index < -0.39 is 0 Å². The van der Waals surface area contributed by atoms with Crippen molar-refractivity contribution in [2.75, 3.05) is 18.5 Å². The second-order valence-corrected chi connectivity index (χ2v) is 3.86. The van der Waals surface area contributed by atoms with E-state index in [9.17, 15) is 0 Å². The molecule has 84 valence electrons. The molecule has 1 rings (SSSR count). The molecule has 0 atom stereocenters. The summed E-state index contributed by atoms with van der Waals surface area (Å²) < 4.78 is 0. The Morgan fingerprint density at radius 2 is 2.20 bits per heavy atom. The molecule has 0 saturated carbocycles. The van der Waals surface area contributed by atoms with Crippen LogP contribution in [0.3, 0.4) is 0 Å².